The van der Waals surface area contributed by atoms with Gasteiger partial charge in [0.05, 0.1) is 6.04 Å². The lowest BCUT2D eigenvalue weighted by atomic mass is 9.85. The minimum atomic E-state index is 0.0341. The summed E-state index contributed by atoms with van der Waals surface area (Å²) in [6, 6.07) is 6.54. The van der Waals surface area contributed by atoms with Gasteiger partial charge in [0.2, 0.25) is 5.91 Å². The molecule has 1 aliphatic carbocycles. The van der Waals surface area contributed by atoms with E-state index in [1.165, 1.54) is 25.7 Å². The molecule has 1 aromatic rings. The number of rotatable bonds is 4. The van der Waals surface area contributed by atoms with E-state index in [0.29, 0.717) is 6.04 Å². The highest BCUT2D eigenvalue weighted by atomic mass is 16.2. The van der Waals surface area contributed by atoms with E-state index in [2.05, 4.69) is 10.3 Å². The van der Waals surface area contributed by atoms with Crippen LogP contribution in [0.1, 0.15) is 37.8 Å². The van der Waals surface area contributed by atoms with E-state index in [-0.39, 0.29) is 11.9 Å². The molecule has 21 heavy (non-hydrogen) atoms. The van der Waals surface area contributed by atoms with Crippen LogP contribution in [-0.4, -0.2) is 41.5 Å². The molecule has 0 bridgehead atoms. The number of pyridine rings is 1. The number of carbonyl (C=O) groups excluding carboxylic acids is 1. The van der Waals surface area contributed by atoms with Crippen LogP contribution in [0.3, 0.4) is 0 Å². The molecular formula is C17H25N3O. The molecular weight excluding hydrogens is 262 g/mol. The maximum atomic E-state index is 12.6. The number of nitrogens with zero attached hydrogens (tertiary/aromatic N) is 2. The van der Waals surface area contributed by atoms with Gasteiger partial charge in [0.1, 0.15) is 0 Å². The fourth-order valence-electron chi connectivity index (χ4n) is 3.71. The Kier molecular flexibility index (Phi) is 4.54. The van der Waals surface area contributed by atoms with Crippen LogP contribution in [0.2, 0.25) is 0 Å². The van der Waals surface area contributed by atoms with Gasteiger partial charge in [0.15, 0.2) is 0 Å². The van der Waals surface area contributed by atoms with Crippen molar-refractivity contribution in [3.63, 3.8) is 0 Å². The summed E-state index contributed by atoms with van der Waals surface area (Å²) < 4.78 is 0. The quantitative estimate of drug-likeness (QED) is 0.921. The number of carbonyl (C=O) groups is 1. The molecule has 3 unspecified atom stereocenters. The zero-order chi connectivity index (χ0) is 14.7. The Morgan fingerprint density at radius 3 is 3.00 bits per heavy atom. The molecule has 1 aromatic heterocycles. The second-order valence-corrected chi connectivity index (χ2v) is 6.44. The molecule has 114 valence electrons. The highest BCUT2D eigenvalue weighted by Gasteiger charge is 2.38. The van der Waals surface area contributed by atoms with Crippen molar-refractivity contribution in [2.45, 2.75) is 50.6 Å². The van der Waals surface area contributed by atoms with Gasteiger partial charge >= 0.3 is 0 Å². The molecule has 1 N–H and O–H groups in total. The normalized spacial score (nSPS) is 28.1. The van der Waals surface area contributed by atoms with Gasteiger partial charge in [-0.15, -0.1) is 0 Å². The largest absolute Gasteiger partial charge is 0.344 e. The lowest BCUT2D eigenvalue weighted by Gasteiger charge is -2.24. The average molecular weight is 287 g/mol. The Morgan fingerprint density at radius 1 is 1.38 bits per heavy atom. The molecule has 4 heteroatoms. The van der Waals surface area contributed by atoms with Crippen LogP contribution in [-0.2, 0) is 11.2 Å². The number of aromatic nitrogens is 1. The molecule has 3 rings (SSSR count). The molecule has 1 saturated carbocycles. The van der Waals surface area contributed by atoms with Crippen molar-refractivity contribution < 1.29 is 4.79 Å². The summed E-state index contributed by atoms with van der Waals surface area (Å²) in [5.41, 5.74) is 1.05. The third kappa shape index (κ3) is 3.43. The summed E-state index contributed by atoms with van der Waals surface area (Å²) in [6.45, 7) is 0.739. The van der Waals surface area contributed by atoms with Crippen molar-refractivity contribution in [1.29, 1.82) is 0 Å². The van der Waals surface area contributed by atoms with Gasteiger partial charge in [-0.05, 0) is 37.3 Å². The number of hydrogen-bond donors (Lipinski definition) is 1. The number of amides is 1. The number of hydrogen-bond acceptors (Lipinski definition) is 3. The number of nitrogens with one attached hydrogen (secondary N) is 1. The minimum Gasteiger partial charge on any atom is -0.344 e. The van der Waals surface area contributed by atoms with Crippen molar-refractivity contribution in [2.24, 2.45) is 5.92 Å². The van der Waals surface area contributed by atoms with Gasteiger partial charge in [-0.2, -0.15) is 0 Å². The van der Waals surface area contributed by atoms with Gasteiger partial charge in [-0.25, -0.2) is 0 Å². The third-order valence-electron chi connectivity index (χ3n) is 4.97. The van der Waals surface area contributed by atoms with E-state index in [9.17, 15) is 4.79 Å². The van der Waals surface area contributed by atoms with E-state index in [4.69, 9.17) is 0 Å². The van der Waals surface area contributed by atoms with Crippen LogP contribution in [0.4, 0.5) is 0 Å². The zero-order valence-corrected chi connectivity index (χ0v) is 12.8. The molecule has 1 amide bonds. The van der Waals surface area contributed by atoms with Gasteiger partial charge in [0, 0.05) is 37.9 Å². The van der Waals surface area contributed by atoms with Crippen molar-refractivity contribution in [3.05, 3.63) is 30.1 Å². The number of likely N-dealkylation sites (N-methyl/N-ethyl adjacent to an activating group) is 1. The third-order valence-corrected chi connectivity index (χ3v) is 4.97. The molecule has 0 radical (unpaired) electrons. The zero-order valence-electron chi connectivity index (χ0n) is 12.8. The Morgan fingerprint density at radius 2 is 2.24 bits per heavy atom. The van der Waals surface area contributed by atoms with Crippen LogP contribution < -0.4 is 5.32 Å². The van der Waals surface area contributed by atoms with E-state index in [1.807, 2.05) is 30.1 Å². The van der Waals surface area contributed by atoms with Crippen molar-refractivity contribution in [1.82, 2.24) is 15.2 Å². The smallest absolute Gasteiger partial charge is 0.239 e. The Balaban J connectivity index is 1.50. The molecule has 1 aliphatic heterocycles. The summed E-state index contributed by atoms with van der Waals surface area (Å²) in [6.07, 6.45) is 8.83. The molecule has 2 heterocycles. The monoisotopic (exact) mass is 287 g/mol. The second-order valence-electron chi connectivity index (χ2n) is 6.44. The summed E-state index contributed by atoms with van der Waals surface area (Å²) in [5.74, 6) is 0.970. The van der Waals surface area contributed by atoms with Crippen molar-refractivity contribution in [3.8, 4) is 0 Å². The van der Waals surface area contributed by atoms with Crippen LogP contribution in [0.5, 0.6) is 0 Å². The van der Waals surface area contributed by atoms with E-state index in [1.54, 1.807) is 6.20 Å². The van der Waals surface area contributed by atoms with Crippen LogP contribution in [0, 0.1) is 5.92 Å². The fraction of sp³-hybridized carbons (Fsp3) is 0.647. The van der Waals surface area contributed by atoms with Crippen molar-refractivity contribution >= 4 is 5.91 Å². The minimum absolute atomic E-state index is 0.0341. The predicted octanol–water partition coefficient (Wildman–Crippen LogP) is 2.00. The SMILES string of the molecule is CN(CCc1ccccn1)C(=O)C1CC2CCCCC2N1. The van der Waals surface area contributed by atoms with E-state index >= 15 is 0 Å². The maximum Gasteiger partial charge on any atom is 0.239 e. The topological polar surface area (TPSA) is 45.2 Å². The summed E-state index contributed by atoms with van der Waals surface area (Å²) in [5, 5.41) is 3.56. The molecule has 4 nitrogen and oxygen atoms in total. The van der Waals surface area contributed by atoms with E-state index < -0.39 is 0 Å². The van der Waals surface area contributed by atoms with Crippen LogP contribution in [0.25, 0.3) is 0 Å². The Labute approximate surface area is 126 Å². The molecule has 1 saturated heterocycles. The molecule has 0 spiro atoms. The van der Waals surface area contributed by atoms with Crippen LogP contribution >= 0.6 is 0 Å². The molecule has 3 atom stereocenters. The lowest BCUT2D eigenvalue weighted by Crippen LogP contribution is -2.44. The summed E-state index contributed by atoms with van der Waals surface area (Å²) in [7, 11) is 1.91. The maximum absolute atomic E-state index is 12.6. The summed E-state index contributed by atoms with van der Waals surface area (Å²) >= 11 is 0. The highest BCUT2D eigenvalue weighted by molar-refractivity contribution is 5.82. The fourth-order valence-corrected chi connectivity index (χ4v) is 3.71. The standard InChI is InChI=1S/C17H25N3O/c1-20(11-9-14-7-4-5-10-18-14)17(21)16-12-13-6-2-3-8-15(13)19-16/h4-5,7,10,13,15-16,19H,2-3,6,8-9,11-12H2,1H3. The van der Waals surface area contributed by atoms with Gasteiger partial charge in [0.25, 0.3) is 0 Å². The lowest BCUT2D eigenvalue weighted by molar-refractivity contribution is -0.131. The van der Waals surface area contributed by atoms with Crippen LogP contribution in [0.15, 0.2) is 24.4 Å². The van der Waals surface area contributed by atoms with E-state index in [0.717, 1.165) is 31.0 Å². The molecule has 2 aliphatic rings. The summed E-state index contributed by atoms with van der Waals surface area (Å²) in [4.78, 5) is 18.7. The highest BCUT2D eigenvalue weighted by Crippen LogP contribution is 2.33. The van der Waals surface area contributed by atoms with Gasteiger partial charge < -0.3 is 10.2 Å². The Bertz CT molecular complexity index is 462. The first-order valence-electron chi connectivity index (χ1n) is 8.15. The van der Waals surface area contributed by atoms with Gasteiger partial charge in [-0.3, -0.25) is 9.78 Å². The molecule has 0 aromatic carbocycles. The first-order chi connectivity index (χ1) is 10.2. The van der Waals surface area contributed by atoms with Gasteiger partial charge in [-0.1, -0.05) is 18.9 Å². The predicted molar refractivity (Wildman–Crippen MR) is 82.9 cm³/mol. The number of fused-ring (bicyclic) bond motifs is 1. The van der Waals surface area contributed by atoms with Crippen molar-refractivity contribution in [2.75, 3.05) is 13.6 Å². The second kappa shape index (κ2) is 6.56. The average Bonchev–Trinajstić information content (AvgIpc) is 2.97. The molecule has 2 fully saturated rings. The first kappa shape index (κ1) is 14.5. The Hall–Kier alpha value is -1.42. The first-order valence-corrected chi connectivity index (χ1v) is 8.15.